The van der Waals surface area contributed by atoms with E-state index in [0.29, 0.717) is 13.1 Å². The summed E-state index contributed by atoms with van der Waals surface area (Å²) in [6, 6.07) is 9.61. The number of hydrogen-bond acceptors (Lipinski definition) is 4. The smallest absolute Gasteiger partial charge is 0.410 e. The Labute approximate surface area is 118 Å². The van der Waals surface area contributed by atoms with Crippen molar-refractivity contribution >= 4 is 6.09 Å². The number of amides is 1. The summed E-state index contributed by atoms with van der Waals surface area (Å²) in [4.78, 5) is 13.6. The van der Waals surface area contributed by atoms with E-state index in [9.17, 15) is 9.90 Å². The van der Waals surface area contributed by atoms with Gasteiger partial charge in [0.2, 0.25) is 0 Å². The number of nitrogens with zero attached hydrogens (tertiary/aromatic N) is 1. The lowest BCUT2D eigenvalue weighted by Crippen LogP contribution is -2.66. The molecule has 1 amide bonds. The third-order valence-electron chi connectivity index (χ3n) is 4.40. The van der Waals surface area contributed by atoms with Crippen LogP contribution in [0.5, 0.6) is 0 Å². The SMILES string of the molecule is O=C(OCc1ccccc1)N1CCC2(CNC2)C(O)C1. The summed E-state index contributed by atoms with van der Waals surface area (Å²) in [6.45, 7) is 3.00. The van der Waals surface area contributed by atoms with Gasteiger partial charge in [-0.25, -0.2) is 4.79 Å². The number of rotatable bonds is 2. The molecule has 0 aliphatic carbocycles. The average molecular weight is 276 g/mol. The maximum atomic E-state index is 12.0. The number of benzene rings is 1. The summed E-state index contributed by atoms with van der Waals surface area (Å²) >= 11 is 0. The Morgan fingerprint density at radius 2 is 2.15 bits per heavy atom. The van der Waals surface area contributed by atoms with Crippen molar-refractivity contribution < 1.29 is 14.6 Å². The lowest BCUT2D eigenvalue weighted by molar-refractivity contribution is -0.0710. The van der Waals surface area contributed by atoms with Crippen molar-refractivity contribution in [1.29, 1.82) is 0 Å². The molecule has 0 radical (unpaired) electrons. The van der Waals surface area contributed by atoms with Crippen LogP contribution in [0.4, 0.5) is 4.79 Å². The molecule has 5 heteroatoms. The first-order valence-corrected chi connectivity index (χ1v) is 7.04. The summed E-state index contributed by atoms with van der Waals surface area (Å²) in [6.07, 6.45) is 0.0403. The third-order valence-corrected chi connectivity index (χ3v) is 4.40. The molecule has 108 valence electrons. The van der Waals surface area contributed by atoms with Crippen LogP contribution in [0.15, 0.2) is 30.3 Å². The molecular weight excluding hydrogens is 256 g/mol. The molecule has 1 spiro atoms. The molecule has 0 bridgehead atoms. The van der Waals surface area contributed by atoms with Crippen LogP contribution in [0.1, 0.15) is 12.0 Å². The van der Waals surface area contributed by atoms with E-state index < -0.39 is 6.10 Å². The zero-order valence-electron chi connectivity index (χ0n) is 11.4. The Morgan fingerprint density at radius 1 is 1.40 bits per heavy atom. The number of nitrogens with one attached hydrogen (secondary N) is 1. The number of carbonyl (C=O) groups is 1. The second-order valence-corrected chi connectivity index (χ2v) is 5.72. The highest BCUT2D eigenvalue weighted by Gasteiger charge is 2.47. The fourth-order valence-corrected chi connectivity index (χ4v) is 2.85. The van der Waals surface area contributed by atoms with Crippen molar-refractivity contribution in [3.05, 3.63) is 35.9 Å². The van der Waals surface area contributed by atoms with Crippen molar-refractivity contribution in [2.45, 2.75) is 19.1 Å². The first-order valence-electron chi connectivity index (χ1n) is 7.04. The van der Waals surface area contributed by atoms with Crippen LogP contribution < -0.4 is 5.32 Å². The highest BCUT2D eigenvalue weighted by atomic mass is 16.6. The average Bonchev–Trinajstić information content (AvgIpc) is 2.44. The fraction of sp³-hybridized carbons (Fsp3) is 0.533. The van der Waals surface area contributed by atoms with Crippen LogP contribution in [0.2, 0.25) is 0 Å². The van der Waals surface area contributed by atoms with Gasteiger partial charge in [0.1, 0.15) is 6.61 Å². The summed E-state index contributed by atoms with van der Waals surface area (Å²) in [5.74, 6) is 0. The molecule has 5 nitrogen and oxygen atoms in total. The van der Waals surface area contributed by atoms with Gasteiger partial charge >= 0.3 is 6.09 Å². The number of ether oxygens (including phenoxy) is 1. The predicted octanol–water partition coefficient (Wildman–Crippen LogP) is 0.979. The van der Waals surface area contributed by atoms with E-state index in [1.807, 2.05) is 30.3 Å². The second-order valence-electron chi connectivity index (χ2n) is 5.72. The van der Waals surface area contributed by atoms with Gasteiger partial charge in [0.25, 0.3) is 0 Å². The standard InChI is InChI=1S/C15H20N2O3/c18-13-8-17(7-6-15(13)10-16-11-15)14(19)20-9-12-4-2-1-3-5-12/h1-5,13,16,18H,6-11H2. The van der Waals surface area contributed by atoms with Gasteiger partial charge < -0.3 is 20.1 Å². The molecule has 2 aliphatic rings. The highest BCUT2D eigenvalue weighted by Crippen LogP contribution is 2.35. The van der Waals surface area contributed by atoms with E-state index in [0.717, 1.165) is 25.1 Å². The lowest BCUT2D eigenvalue weighted by Gasteiger charge is -2.51. The Balaban J connectivity index is 1.51. The number of carbonyl (C=O) groups excluding carboxylic acids is 1. The van der Waals surface area contributed by atoms with Gasteiger partial charge in [-0.05, 0) is 12.0 Å². The number of likely N-dealkylation sites (tertiary alicyclic amines) is 1. The molecule has 2 aliphatic heterocycles. The molecule has 3 rings (SSSR count). The zero-order valence-corrected chi connectivity index (χ0v) is 11.4. The third kappa shape index (κ3) is 2.51. The maximum absolute atomic E-state index is 12.0. The van der Waals surface area contributed by atoms with E-state index >= 15 is 0 Å². The van der Waals surface area contributed by atoms with E-state index in [-0.39, 0.29) is 18.1 Å². The van der Waals surface area contributed by atoms with Crippen molar-refractivity contribution in [2.24, 2.45) is 5.41 Å². The minimum absolute atomic E-state index is 0.0176. The molecular formula is C15H20N2O3. The Hall–Kier alpha value is -1.59. The highest BCUT2D eigenvalue weighted by molar-refractivity contribution is 5.67. The van der Waals surface area contributed by atoms with Crippen LogP contribution in [-0.4, -0.2) is 48.4 Å². The second kappa shape index (κ2) is 5.42. The van der Waals surface area contributed by atoms with Crippen molar-refractivity contribution in [3.63, 3.8) is 0 Å². The number of aliphatic hydroxyl groups excluding tert-OH is 1. The van der Waals surface area contributed by atoms with Crippen molar-refractivity contribution in [1.82, 2.24) is 10.2 Å². The summed E-state index contributed by atoms with van der Waals surface area (Å²) in [5.41, 5.74) is 0.953. The van der Waals surface area contributed by atoms with E-state index in [2.05, 4.69) is 5.32 Å². The number of aliphatic hydroxyl groups is 1. The largest absolute Gasteiger partial charge is 0.445 e. The van der Waals surface area contributed by atoms with E-state index in [1.54, 1.807) is 4.90 Å². The topological polar surface area (TPSA) is 61.8 Å². The molecule has 1 aromatic rings. The van der Waals surface area contributed by atoms with E-state index in [1.165, 1.54) is 0 Å². The molecule has 1 atom stereocenters. The molecule has 2 heterocycles. The zero-order chi connectivity index (χ0) is 14.0. The Bertz CT molecular complexity index is 473. The van der Waals surface area contributed by atoms with Crippen LogP contribution >= 0.6 is 0 Å². The summed E-state index contributed by atoms with van der Waals surface area (Å²) in [5, 5.41) is 13.4. The monoisotopic (exact) mass is 276 g/mol. The Morgan fingerprint density at radius 3 is 2.75 bits per heavy atom. The van der Waals surface area contributed by atoms with Gasteiger partial charge in [0.15, 0.2) is 0 Å². The minimum atomic E-state index is -0.457. The van der Waals surface area contributed by atoms with Gasteiger partial charge in [0, 0.05) is 25.0 Å². The van der Waals surface area contributed by atoms with Crippen LogP contribution in [0, 0.1) is 5.41 Å². The fourth-order valence-electron chi connectivity index (χ4n) is 2.85. The first-order chi connectivity index (χ1) is 9.70. The maximum Gasteiger partial charge on any atom is 0.410 e. The first kappa shape index (κ1) is 13.4. The number of piperidine rings is 1. The Kier molecular flexibility index (Phi) is 3.63. The van der Waals surface area contributed by atoms with Crippen molar-refractivity contribution in [3.8, 4) is 0 Å². The normalized spacial score (nSPS) is 24.2. The molecule has 2 N–H and O–H groups in total. The molecule has 2 fully saturated rings. The number of β-amino-alcohol motifs (C(OH)–C–C–N with tert-alkyl or cyclic N) is 1. The molecule has 0 aromatic heterocycles. The number of hydrogen-bond donors (Lipinski definition) is 2. The lowest BCUT2D eigenvalue weighted by atomic mass is 9.71. The van der Waals surface area contributed by atoms with E-state index in [4.69, 9.17) is 4.74 Å². The summed E-state index contributed by atoms with van der Waals surface area (Å²) in [7, 11) is 0. The molecule has 1 aromatic carbocycles. The summed E-state index contributed by atoms with van der Waals surface area (Å²) < 4.78 is 5.30. The quantitative estimate of drug-likeness (QED) is 0.845. The van der Waals surface area contributed by atoms with Gasteiger partial charge in [0.05, 0.1) is 12.6 Å². The molecule has 0 saturated carbocycles. The minimum Gasteiger partial charge on any atom is -0.445 e. The van der Waals surface area contributed by atoms with Crippen LogP contribution in [-0.2, 0) is 11.3 Å². The molecule has 2 saturated heterocycles. The van der Waals surface area contributed by atoms with Gasteiger partial charge in [-0.15, -0.1) is 0 Å². The molecule has 1 unspecified atom stereocenters. The van der Waals surface area contributed by atoms with Gasteiger partial charge in [-0.3, -0.25) is 0 Å². The predicted molar refractivity (Wildman–Crippen MR) is 74.1 cm³/mol. The van der Waals surface area contributed by atoms with Crippen LogP contribution in [0.3, 0.4) is 0 Å². The van der Waals surface area contributed by atoms with Crippen LogP contribution in [0.25, 0.3) is 0 Å². The molecule has 20 heavy (non-hydrogen) atoms. The van der Waals surface area contributed by atoms with Gasteiger partial charge in [-0.2, -0.15) is 0 Å². The van der Waals surface area contributed by atoms with Crippen molar-refractivity contribution in [2.75, 3.05) is 26.2 Å². The van der Waals surface area contributed by atoms with Gasteiger partial charge in [-0.1, -0.05) is 30.3 Å².